The van der Waals surface area contributed by atoms with Crippen LogP contribution >= 0.6 is 0 Å². The van der Waals surface area contributed by atoms with Crippen molar-refractivity contribution >= 4 is 5.97 Å². The molecular formula is C17H32O3. The van der Waals surface area contributed by atoms with E-state index in [1.54, 1.807) is 0 Å². The van der Waals surface area contributed by atoms with Gasteiger partial charge in [0.1, 0.15) is 0 Å². The Morgan fingerprint density at radius 3 is 2.40 bits per heavy atom. The second-order valence-electron chi connectivity index (χ2n) is 6.21. The highest BCUT2D eigenvalue weighted by molar-refractivity contribution is 5.74. The minimum Gasteiger partial charge on any atom is -0.467 e. The van der Waals surface area contributed by atoms with Crippen LogP contribution in [0.15, 0.2) is 0 Å². The molecule has 0 bridgehead atoms. The van der Waals surface area contributed by atoms with E-state index in [4.69, 9.17) is 9.47 Å². The van der Waals surface area contributed by atoms with Gasteiger partial charge < -0.3 is 9.47 Å². The predicted molar refractivity (Wildman–Crippen MR) is 81.7 cm³/mol. The molecule has 0 aromatic carbocycles. The largest absolute Gasteiger partial charge is 0.467 e. The van der Waals surface area contributed by atoms with E-state index < -0.39 is 0 Å². The van der Waals surface area contributed by atoms with E-state index in [0.29, 0.717) is 0 Å². The molecule has 2 atom stereocenters. The number of esters is 1. The molecule has 0 aromatic heterocycles. The van der Waals surface area contributed by atoms with E-state index in [9.17, 15) is 4.79 Å². The molecular weight excluding hydrogens is 252 g/mol. The first-order valence-corrected chi connectivity index (χ1v) is 8.40. The summed E-state index contributed by atoms with van der Waals surface area (Å²) in [5.41, 5.74) is 0. The zero-order chi connectivity index (χ0) is 14.8. The summed E-state index contributed by atoms with van der Waals surface area (Å²) in [4.78, 5) is 11.8. The number of rotatable bonds is 10. The summed E-state index contributed by atoms with van der Waals surface area (Å²) >= 11 is 0. The quantitative estimate of drug-likeness (QED) is 0.438. The van der Waals surface area contributed by atoms with Gasteiger partial charge >= 0.3 is 5.97 Å². The van der Waals surface area contributed by atoms with Crippen LogP contribution in [-0.4, -0.2) is 25.3 Å². The Bertz CT molecular complexity index is 259. The second-order valence-corrected chi connectivity index (χ2v) is 6.21. The van der Waals surface area contributed by atoms with Crippen molar-refractivity contribution in [2.75, 3.05) is 7.11 Å². The predicted octanol–water partition coefficient (Wildman–Crippen LogP) is 4.48. The van der Waals surface area contributed by atoms with Crippen molar-refractivity contribution in [2.45, 2.75) is 90.3 Å². The van der Waals surface area contributed by atoms with Gasteiger partial charge in [-0.3, -0.25) is 0 Å². The van der Waals surface area contributed by atoms with E-state index >= 15 is 0 Å². The maximum Gasteiger partial charge on any atom is 0.334 e. The number of methoxy groups -OCH3 is 1. The minimum absolute atomic E-state index is 0.196. The third kappa shape index (κ3) is 6.74. The van der Waals surface area contributed by atoms with E-state index in [2.05, 4.69) is 13.8 Å². The lowest BCUT2D eigenvalue weighted by molar-refractivity contribution is -0.158. The lowest BCUT2D eigenvalue weighted by Gasteiger charge is -2.20. The van der Waals surface area contributed by atoms with Crippen molar-refractivity contribution in [3.63, 3.8) is 0 Å². The van der Waals surface area contributed by atoms with Crippen LogP contribution in [0.2, 0.25) is 0 Å². The Morgan fingerprint density at radius 1 is 1.15 bits per heavy atom. The first-order valence-electron chi connectivity index (χ1n) is 8.40. The number of unbranched alkanes of at least 4 members (excludes halogenated alkanes) is 2. The zero-order valence-corrected chi connectivity index (χ0v) is 13.5. The first-order chi connectivity index (χ1) is 9.67. The van der Waals surface area contributed by atoms with Gasteiger partial charge in [0.05, 0.1) is 13.2 Å². The average molecular weight is 284 g/mol. The summed E-state index contributed by atoms with van der Waals surface area (Å²) in [6, 6.07) is 0. The van der Waals surface area contributed by atoms with Gasteiger partial charge in [0.2, 0.25) is 0 Å². The van der Waals surface area contributed by atoms with Crippen LogP contribution < -0.4 is 0 Å². The number of carbonyl (C=O) groups is 1. The molecule has 118 valence electrons. The normalized spacial score (nSPS) is 18.9. The molecule has 1 aliphatic rings. The summed E-state index contributed by atoms with van der Waals surface area (Å²) < 4.78 is 10.8. The molecule has 1 fully saturated rings. The summed E-state index contributed by atoms with van der Waals surface area (Å²) in [7, 11) is 1.45. The van der Waals surface area contributed by atoms with Crippen molar-refractivity contribution in [3.8, 4) is 0 Å². The van der Waals surface area contributed by atoms with Crippen molar-refractivity contribution in [1.82, 2.24) is 0 Å². The smallest absolute Gasteiger partial charge is 0.334 e. The van der Waals surface area contributed by atoms with E-state index in [-0.39, 0.29) is 18.2 Å². The molecule has 1 saturated carbocycles. The molecule has 0 aliphatic heterocycles. The molecule has 0 radical (unpaired) electrons. The van der Waals surface area contributed by atoms with Gasteiger partial charge in [-0.1, -0.05) is 58.8 Å². The van der Waals surface area contributed by atoms with Crippen LogP contribution in [0, 0.1) is 5.92 Å². The molecule has 0 heterocycles. The molecule has 3 nitrogen and oxygen atoms in total. The van der Waals surface area contributed by atoms with Crippen molar-refractivity contribution in [3.05, 3.63) is 0 Å². The third-order valence-corrected chi connectivity index (χ3v) is 4.48. The first kappa shape index (κ1) is 17.5. The Balaban J connectivity index is 2.21. The molecule has 0 aromatic rings. The van der Waals surface area contributed by atoms with Gasteiger partial charge in [-0.2, -0.15) is 0 Å². The molecule has 1 aliphatic carbocycles. The Labute approximate surface area is 124 Å². The summed E-state index contributed by atoms with van der Waals surface area (Å²) in [5, 5.41) is 0. The standard InChI is InChI=1S/C17H32O3/c1-4-14(2)10-6-5-7-13-16(17(18)19-3)20-15-11-8-9-12-15/h14-16H,4-13H2,1-3H3/t14?,16-/m0/s1. The SMILES string of the molecule is CCC(C)CCCCC[C@H](OC1CCCC1)C(=O)OC. The van der Waals surface area contributed by atoms with Gasteiger partial charge in [0, 0.05) is 0 Å². The topological polar surface area (TPSA) is 35.5 Å². The van der Waals surface area contributed by atoms with E-state index in [0.717, 1.165) is 31.6 Å². The lowest BCUT2D eigenvalue weighted by Crippen LogP contribution is -2.29. The number of hydrogen-bond donors (Lipinski definition) is 0. The molecule has 0 amide bonds. The van der Waals surface area contributed by atoms with Gasteiger partial charge in [0.15, 0.2) is 6.10 Å². The van der Waals surface area contributed by atoms with E-state index in [1.165, 1.54) is 45.6 Å². The fraction of sp³-hybridized carbons (Fsp3) is 0.941. The summed E-state index contributed by atoms with van der Waals surface area (Å²) in [5.74, 6) is 0.625. The average Bonchev–Trinajstić information content (AvgIpc) is 2.97. The number of hydrogen-bond acceptors (Lipinski definition) is 3. The van der Waals surface area contributed by atoms with Crippen LogP contribution in [-0.2, 0) is 14.3 Å². The van der Waals surface area contributed by atoms with Crippen LogP contribution in [0.4, 0.5) is 0 Å². The Hall–Kier alpha value is -0.570. The summed E-state index contributed by atoms with van der Waals surface area (Å²) in [6.45, 7) is 4.55. The van der Waals surface area contributed by atoms with Gasteiger partial charge in [-0.15, -0.1) is 0 Å². The van der Waals surface area contributed by atoms with Crippen LogP contribution in [0.25, 0.3) is 0 Å². The number of ether oxygens (including phenoxy) is 2. The van der Waals surface area contributed by atoms with E-state index in [1.807, 2.05) is 0 Å². The highest BCUT2D eigenvalue weighted by atomic mass is 16.6. The second kappa shape index (κ2) is 10.2. The fourth-order valence-electron chi connectivity index (χ4n) is 2.83. The highest BCUT2D eigenvalue weighted by Crippen LogP contribution is 2.24. The molecule has 1 unspecified atom stereocenters. The molecule has 3 heteroatoms. The van der Waals surface area contributed by atoms with Crippen molar-refractivity contribution in [2.24, 2.45) is 5.92 Å². The minimum atomic E-state index is -0.341. The molecule has 0 saturated heterocycles. The Morgan fingerprint density at radius 2 is 1.80 bits per heavy atom. The maximum absolute atomic E-state index is 11.8. The molecule has 0 N–H and O–H groups in total. The van der Waals surface area contributed by atoms with Crippen LogP contribution in [0.5, 0.6) is 0 Å². The van der Waals surface area contributed by atoms with Gasteiger partial charge in [-0.25, -0.2) is 4.79 Å². The van der Waals surface area contributed by atoms with Crippen LogP contribution in [0.3, 0.4) is 0 Å². The highest BCUT2D eigenvalue weighted by Gasteiger charge is 2.25. The van der Waals surface area contributed by atoms with Crippen molar-refractivity contribution < 1.29 is 14.3 Å². The van der Waals surface area contributed by atoms with Crippen molar-refractivity contribution in [1.29, 1.82) is 0 Å². The molecule has 0 spiro atoms. The molecule has 20 heavy (non-hydrogen) atoms. The third-order valence-electron chi connectivity index (χ3n) is 4.48. The maximum atomic E-state index is 11.8. The number of carbonyl (C=O) groups excluding carboxylic acids is 1. The fourth-order valence-corrected chi connectivity index (χ4v) is 2.83. The van der Waals surface area contributed by atoms with Gasteiger partial charge in [-0.05, 0) is 25.2 Å². The zero-order valence-electron chi connectivity index (χ0n) is 13.5. The van der Waals surface area contributed by atoms with Gasteiger partial charge in [0.25, 0.3) is 0 Å². The molecule has 1 rings (SSSR count). The Kier molecular flexibility index (Phi) is 8.92. The summed E-state index contributed by atoms with van der Waals surface area (Å²) in [6.07, 6.45) is 11.5. The van der Waals surface area contributed by atoms with Crippen LogP contribution in [0.1, 0.15) is 78.1 Å². The lowest BCUT2D eigenvalue weighted by atomic mass is 10.00. The monoisotopic (exact) mass is 284 g/mol.